The van der Waals surface area contributed by atoms with Crippen molar-refractivity contribution in [2.75, 3.05) is 4.43 Å². The van der Waals surface area contributed by atoms with Crippen molar-refractivity contribution in [3.63, 3.8) is 0 Å². The van der Waals surface area contributed by atoms with E-state index < -0.39 is 11.3 Å². The molecule has 2 atom stereocenters. The molecule has 2 rings (SSSR count). The number of nitrogens with zero attached hydrogens (tertiary/aromatic N) is 1. The van der Waals surface area contributed by atoms with Crippen LogP contribution >= 0.6 is 22.6 Å². The molecule has 1 aliphatic heterocycles. The van der Waals surface area contributed by atoms with Gasteiger partial charge in [0.1, 0.15) is 11.3 Å². The van der Waals surface area contributed by atoms with Crippen molar-refractivity contribution in [1.29, 1.82) is 0 Å². The highest BCUT2D eigenvalue weighted by Crippen LogP contribution is 2.39. The van der Waals surface area contributed by atoms with Crippen molar-refractivity contribution in [2.45, 2.75) is 96.6 Å². The van der Waals surface area contributed by atoms with E-state index in [0.29, 0.717) is 5.92 Å². The number of hydrogen-bond donors (Lipinski definition) is 0. The number of alkyl halides is 1. The van der Waals surface area contributed by atoms with E-state index in [4.69, 9.17) is 9.47 Å². The molecular weight excluding hydrogens is 405 g/mol. The summed E-state index contributed by atoms with van der Waals surface area (Å²) in [6.45, 7) is 9.72. The van der Waals surface area contributed by atoms with E-state index in [1.165, 1.54) is 32.1 Å². The summed E-state index contributed by atoms with van der Waals surface area (Å²) in [6, 6.07) is 0.125. The summed E-state index contributed by atoms with van der Waals surface area (Å²) >= 11 is 2.37. The number of carbonyl (C=O) groups excluding carboxylic acids is 1. The molecule has 1 unspecified atom stereocenters. The van der Waals surface area contributed by atoms with Crippen LogP contribution in [0.5, 0.6) is 0 Å². The third-order valence-electron chi connectivity index (χ3n) is 4.82. The molecule has 4 nitrogen and oxygen atoms in total. The fraction of sp³-hybridized carbons (Fsp3) is 0.944. The van der Waals surface area contributed by atoms with Crippen molar-refractivity contribution in [3.8, 4) is 0 Å². The molecule has 0 aromatic rings. The molecule has 1 heterocycles. The molecule has 2 aliphatic rings. The Bertz CT molecular complexity index is 413. The molecule has 2 fully saturated rings. The fourth-order valence-corrected chi connectivity index (χ4v) is 4.66. The normalized spacial score (nSPS) is 28.9. The van der Waals surface area contributed by atoms with Crippen LogP contribution in [0.3, 0.4) is 0 Å². The third kappa shape index (κ3) is 4.97. The summed E-state index contributed by atoms with van der Waals surface area (Å²) in [5, 5.41) is 0. The Labute approximate surface area is 154 Å². The molecule has 1 aliphatic carbocycles. The highest BCUT2D eigenvalue weighted by molar-refractivity contribution is 14.1. The topological polar surface area (TPSA) is 38.8 Å². The number of hydrogen-bond acceptors (Lipinski definition) is 3. The van der Waals surface area contributed by atoms with Gasteiger partial charge < -0.3 is 9.47 Å². The van der Waals surface area contributed by atoms with Gasteiger partial charge in [0, 0.05) is 4.43 Å². The monoisotopic (exact) mass is 437 g/mol. The summed E-state index contributed by atoms with van der Waals surface area (Å²) in [5.41, 5.74) is -1.08. The van der Waals surface area contributed by atoms with Crippen molar-refractivity contribution < 1.29 is 14.3 Å². The number of amides is 1. The summed E-state index contributed by atoms with van der Waals surface area (Å²) in [5.74, 6) is 0.710. The van der Waals surface area contributed by atoms with Gasteiger partial charge in [-0.25, -0.2) is 4.79 Å². The maximum absolute atomic E-state index is 12.8. The zero-order valence-electron chi connectivity index (χ0n) is 15.2. The number of rotatable bonds is 3. The van der Waals surface area contributed by atoms with Gasteiger partial charge in [-0.05, 0) is 47.0 Å². The van der Waals surface area contributed by atoms with Crippen molar-refractivity contribution in [1.82, 2.24) is 4.90 Å². The Balaban J connectivity index is 2.16. The van der Waals surface area contributed by atoms with Crippen LogP contribution in [0.25, 0.3) is 0 Å². The Hall–Kier alpha value is -0.0400. The van der Waals surface area contributed by atoms with E-state index in [1.807, 2.05) is 39.5 Å². The van der Waals surface area contributed by atoms with E-state index in [-0.39, 0.29) is 18.2 Å². The van der Waals surface area contributed by atoms with Crippen LogP contribution in [-0.2, 0) is 9.47 Å². The molecule has 1 saturated heterocycles. The van der Waals surface area contributed by atoms with Crippen LogP contribution in [-0.4, -0.2) is 38.9 Å². The van der Waals surface area contributed by atoms with Gasteiger partial charge in [0.05, 0.1) is 12.1 Å². The first-order valence-electron chi connectivity index (χ1n) is 8.90. The maximum Gasteiger partial charge on any atom is 0.412 e. The second-order valence-corrected chi connectivity index (χ2v) is 9.30. The SMILES string of the molecule is CC(C)(C)OC(=O)N1[C@@H](CC2CCCCC2)C(CI)OC1(C)C. The minimum atomic E-state index is -0.600. The quantitative estimate of drug-likeness (QED) is 0.454. The lowest BCUT2D eigenvalue weighted by molar-refractivity contribution is -0.0747. The molecule has 0 radical (unpaired) electrons. The Kier molecular flexibility index (Phi) is 6.26. The first kappa shape index (κ1) is 19.3. The molecule has 0 N–H and O–H groups in total. The number of ether oxygens (including phenoxy) is 2. The van der Waals surface area contributed by atoms with E-state index in [1.54, 1.807) is 0 Å². The molecular formula is C18H32INO3. The Morgan fingerprint density at radius 2 is 1.87 bits per heavy atom. The molecule has 0 bridgehead atoms. The van der Waals surface area contributed by atoms with Crippen LogP contribution in [0, 0.1) is 5.92 Å². The zero-order valence-corrected chi connectivity index (χ0v) is 17.4. The average Bonchev–Trinajstić information content (AvgIpc) is 2.68. The van der Waals surface area contributed by atoms with Crippen LogP contribution in [0.2, 0.25) is 0 Å². The lowest BCUT2D eigenvalue weighted by Crippen LogP contribution is -2.51. The first-order chi connectivity index (χ1) is 10.6. The van der Waals surface area contributed by atoms with Gasteiger partial charge >= 0.3 is 6.09 Å². The van der Waals surface area contributed by atoms with Crippen molar-refractivity contribution in [3.05, 3.63) is 0 Å². The van der Waals surface area contributed by atoms with Gasteiger partial charge in [0.2, 0.25) is 0 Å². The third-order valence-corrected chi connectivity index (χ3v) is 5.69. The molecule has 0 aromatic heterocycles. The van der Waals surface area contributed by atoms with E-state index in [0.717, 1.165) is 10.8 Å². The zero-order chi connectivity index (χ0) is 17.3. The van der Waals surface area contributed by atoms with Gasteiger partial charge in [-0.1, -0.05) is 54.7 Å². The van der Waals surface area contributed by atoms with Crippen LogP contribution in [0.4, 0.5) is 4.79 Å². The predicted molar refractivity (Wildman–Crippen MR) is 101 cm³/mol. The summed E-state index contributed by atoms with van der Waals surface area (Å²) in [4.78, 5) is 14.7. The molecule has 0 spiro atoms. The largest absolute Gasteiger partial charge is 0.444 e. The summed E-state index contributed by atoms with van der Waals surface area (Å²) in [6.07, 6.45) is 7.47. The maximum atomic E-state index is 12.8. The van der Waals surface area contributed by atoms with E-state index in [2.05, 4.69) is 22.6 Å². The lowest BCUT2D eigenvalue weighted by Gasteiger charge is -2.36. The Morgan fingerprint density at radius 1 is 1.26 bits per heavy atom. The fourth-order valence-electron chi connectivity index (χ4n) is 3.89. The van der Waals surface area contributed by atoms with Crippen molar-refractivity contribution >= 4 is 28.7 Å². The molecule has 0 aromatic carbocycles. The highest BCUT2D eigenvalue weighted by Gasteiger charge is 2.51. The first-order valence-corrected chi connectivity index (χ1v) is 10.4. The molecule has 134 valence electrons. The lowest BCUT2D eigenvalue weighted by atomic mass is 9.83. The van der Waals surface area contributed by atoms with Crippen LogP contribution < -0.4 is 0 Å². The van der Waals surface area contributed by atoms with Crippen molar-refractivity contribution in [2.24, 2.45) is 5.92 Å². The number of halogens is 1. The second-order valence-electron chi connectivity index (χ2n) is 8.41. The van der Waals surface area contributed by atoms with Gasteiger partial charge in [-0.15, -0.1) is 0 Å². The second kappa shape index (κ2) is 7.46. The summed E-state index contributed by atoms with van der Waals surface area (Å²) in [7, 11) is 0. The smallest absolute Gasteiger partial charge is 0.412 e. The molecule has 1 amide bonds. The minimum Gasteiger partial charge on any atom is -0.444 e. The molecule has 23 heavy (non-hydrogen) atoms. The van der Waals surface area contributed by atoms with Crippen LogP contribution in [0.15, 0.2) is 0 Å². The van der Waals surface area contributed by atoms with E-state index >= 15 is 0 Å². The Morgan fingerprint density at radius 3 is 2.39 bits per heavy atom. The molecule has 1 saturated carbocycles. The van der Waals surface area contributed by atoms with Crippen LogP contribution in [0.1, 0.15) is 73.1 Å². The van der Waals surface area contributed by atoms with Gasteiger partial charge in [0.15, 0.2) is 0 Å². The van der Waals surface area contributed by atoms with Gasteiger partial charge in [0.25, 0.3) is 0 Å². The minimum absolute atomic E-state index is 0.0973. The number of carbonyl (C=O) groups is 1. The predicted octanol–water partition coefficient (Wildman–Crippen LogP) is 5.13. The highest BCUT2D eigenvalue weighted by atomic mass is 127. The van der Waals surface area contributed by atoms with E-state index in [9.17, 15) is 4.79 Å². The summed E-state index contributed by atoms with van der Waals surface area (Å²) < 4.78 is 12.8. The molecule has 5 heteroatoms. The average molecular weight is 437 g/mol. The van der Waals surface area contributed by atoms with Gasteiger partial charge in [-0.2, -0.15) is 0 Å². The van der Waals surface area contributed by atoms with Gasteiger partial charge in [-0.3, -0.25) is 4.90 Å². The standard InChI is InChI=1S/C18H32INO3/c1-17(2,3)23-16(21)20-14(11-13-9-7-6-8-10-13)15(12-19)22-18(20,4)5/h13-15H,6-12H2,1-5H3/t14-,15?/m0/s1.